The minimum atomic E-state index is -0.448. The number of ether oxygens (including phenoxy) is 1. The van der Waals surface area contributed by atoms with Crippen molar-refractivity contribution in [1.82, 2.24) is 5.32 Å². The third kappa shape index (κ3) is 9.49. The van der Waals surface area contributed by atoms with E-state index in [0.29, 0.717) is 6.54 Å². The molecule has 0 aliphatic rings. The molecule has 0 aromatic rings. The van der Waals surface area contributed by atoms with Crippen LogP contribution < -0.4 is 5.32 Å². The number of nitrogens with one attached hydrogen (secondary N) is 1. The largest absolute Gasteiger partial charge is 0.444 e. The van der Waals surface area contributed by atoms with Crippen LogP contribution in [0.2, 0.25) is 0 Å². The molecule has 1 N–H and O–H groups in total. The Kier molecular flexibility index (Phi) is 6.77. The summed E-state index contributed by atoms with van der Waals surface area (Å²) in [5, 5.41) is 2.68. The van der Waals surface area contributed by atoms with Crippen LogP contribution in [0.25, 0.3) is 0 Å². The maximum Gasteiger partial charge on any atom is 0.407 e. The lowest BCUT2D eigenvalue weighted by Crippen LogP contribution is -2.33. The van der Waals surface area contributed by atoms with Crippen LogP contribution >= 0.6 is 0 Å². The molecule has 94 valence electrons. The van der Waals surface area contributed by atoms with Gasteiger partial charge in [0, 0.05) is 12.5 Å². The Hall–Kier alpha value is -1.06. The minimum absolute atomic E-state index is 0.113. The van der Waals surface area contributed by atoms with Crippen molar-refractivity contribution in [2.75, 3.05) is 6.54 Å². The summed E-state index contributed by atoms with van der Waals surface area (Å²) in [6.45, 7) is 7.99. The molecule has 1 atom stereocenters. The van der Waals surface area contributed by atoms with Gasteiger partial charge in [-0.2, -0.15) is 0 Å². The number of rotatable bonds is 6. The molecule has 0 radical (unpaired) electrons. The first-order chi connectivity index (χ1) is 7.35. The van der Waals surface area contributed by atoms with E-state index in [0.717, 1.165) is 25.5 Å². The molecule has 0 fully saturated rings. The van der Waals surface area contributed by atoms with Gasteiger partial charge in [-0.05, 0) is 33.6 Å². The second-order valence-electron chi connectivity index (χ2n) is 5.04. The minimum Gasteiger partial charge on any atom is -0.444 e. The molecule has 1 amide bonds. The summed E-state index contributed by atoms with van der Waals surface area (Å²) in [6, 6.07) is 0. The molecule has 0 aromatic heterocycles. The summed E-state index contributed by atoms with van der Waals surface area (Å²) in [5.74, 6) is 0.113. The Bertz CT molecular complexity index is 221. The lowest BCUT2D eigenvalue weighted by Gasteiger charge is -2.19. The first kappa shape index (κ1) is 14.9. The van der Waals surface area contributed by atoms with Gasteiger partial charge in [0.2, 0.25) is 0 Å². The topological polar surface area (TPSA) is 55.4 Å². The van der Waals surface area contributed by atoms with Crippen LogP contribution in [0.5, 0.6) is 0 Å². The molecule has 0 saturated carbocycles. The SMILES string of the molecule is C[C@@H](C=O)CCCCNC(=O)OC(C)(C)C. The van der Waals surface area contributed by atoms with Gasteiger partial charge in [0.1, 0.15) is 11.9 Å². The number of hydrogen-bond acceptors (Lipinski definition) is 3. The van der Waals surface area contributed by atoms with Crippen LogP contribution in [0.4, 0.5) is 4.79 Å². The summed E-state index contributed by atoms with van der Waals surface area (Å²) in [4.78, 5) is 21.6. The number of aldehydes is 1. The van der Waals surface area contributed by atoms with Crippen molar-refractivity contribution in [3.8, 4) is 0 Å². The Labute approximate surface area is 97.7 Å². The zero-order chi connectivity index (χ0) is 12.6. The normalized spacial score (nSPS) is 13.0. The van der Waals surface area contributed by atoms with Gasteiger partial charge >= 0.3 is 6.09 Å². The monoisotopic (exact) mass is 229 g/mol. The van der Waals surface area contributed by atoms with E-state index in [2.05, 4.69) is 5.32 Å². The fraction of sp³-hybridized carbons (Fsp3) is 0.833. The molecular weight excluding hydrogens is 206 g/mol. The van der Waals surface area contributed by atoms with E-state index in [9.17, 15) is 9.59 Å². The van der Waals surface area contributed by atoms with Crippen molar-refractivity contribution < 1.29 is 14.3 Å². The van der Waals surface area contributed by atoms with Crippen LogP contribution in [0.3, 0.4) is 0 Å². The Morgan fingerprint density at radius 1 is 1.38 bits per heavy atom. The predicted octanol–water partition coefficient (Wildman–Crippen LogP) is 2.52. The molecule has 4 nitrogen and oxygen atoms in total. The standard InChI is InChI=1S/C12H23NO3/c1-10(9-14)7-5-6-8-13-11(15)16-12(2,3)4/h9-10H,5-8H2,1-4H3,(H,13,15)/t10-/m1/s1. The quantitative estimate of drug-likeness (QED) is 0.562. The third-order valence-corrected chi connectivity index (χ3v) is 1.99. The maximum absolute atomic E-state index is 11.2. The smallest absolute Gasteiger partial charge is 0.407 e. The number of carbonyl (C=O) groups excluding carboxylic acids is 2. The molecule has 0 aromatic carbocycles. The van der Waals surface area contributed by atoms with Crippen LogP contribution in [0.15, 0.2) is 0 Å². The summed E-state index contributed by atoms with van der Waals surface area (Å²) in [6.07, 6.45) is 3.27. The van der Waals surface area contributed by atoms with Crippen LogP contribution in [0, 0.1) is 5.92 Å². The fourth-order valence-electron chi connectivity index (χ4n) is 1.16. The number of hydrogen-bond donors (Lipinski definition) is 1. The first-order valence-electron chi connectivity index (χ1n) is 5.77. The Morgan fingerprint density at radius 2 is 2.00 bits per heavy atom. The number of amides is 1. The summed E-state index contributed by atoms with van der Waals surface area (Å²) >= 11 is 0. The predicted molar refractivity (Wildman–Crippen MR) is 63.3 cm³/mol. The maximum atomic E-state index is 11.2. The van der Waals surface area contributed by atoms with E-state index in [1.807, 2.05) is 27.7 Å². The van der Waals surface area contributed by atoms with E-state index >= 15 is 0 Å². The molecular formula is C12H23NO3. The molecule has 16 heavy (non-hydrogen) atoms. The zero-order valence-corrected chi connectivity index (χ0v) is 10.7. The highest BCUT2D eigenvalue weighted by atomic mass is 16.6. The van der Waals surface area contributed by atoms with Crippen LogP contribution in [0.1, 0.15) is 47.0 Å². The first-order valence-corrected chi connectivity index (χ1v) is 5.77. The van der Waals surface area contributed by atoms with E-state index < -0.39 is 5.60 Å². The third-order valence-electron chi connectivity index (χ3n) is 1.99. The number of carbonyl (C=O) groups is 2. The molecule has 4 heteroatoms. The molecule has 0 heterocycles. The molecule has 0 bridgehead atoms. The van der Waals surface area contributed by atoms with Gasteiger partial charge in [-0.15, -0.1) is 0 Å². The molecule has 0 rings (SSSR count). The van der Waals surface area contributed by atoms with Crippen molar-refractivity contribution in [1.29, 1.82) is 0 Å². The van der Waals surface area contributed by atoms with Crippen LogP contribution in [-0.2, 0) is 9.53 Å². The molecule has 0 aliphatic carbocycles. The molecule has 0 unspecified atom stereocenters. The number of alkyl carbamates (subject to hydrolysis) is 1. The highest BCUT2D eigenvalue weighted by Crippen LogP contribution is 2.07. The lowest BCUT2D eigenvalue weighted by atomic mass is 10.1. The van der Waals surface area contributed by atoms with Gasteiger partial charge in [0.25, 0.3) is 0 Å². The van der Waals surface area contributed by atoms with Gasteiger partial charge in [0.05, 0.1) is 0 Å². The van der Waals surface area contributed by atoms with E-state index in [-0.39, 0.29) is 12.0 Å². The Morgan fingerprint density at radius 3 is 2.50 bits per heavy atom. The Balaban J connectivity index is 3.45. The van der Waals surface area contributed by atoms with Crippen molar-refractivity contribution in [2.24, 2.45) is 5.92 Å². The highest BCUT2D eigenvalue weighted by molar-refractivity contribution is 5.67. The van der Waals surface area contributed by atoms with E-state index in [1.54, 1.807) is 0 Å². The summed E-state index contributed by atoms with van der Waals surface area (Å²) < 4.78 is 5.08. The van der Waals surface area contributed by atoms with Gasteiger partial charge in [-0.25, -0.2) is 4.79 Å². The summed E-state index contributed by atoms with van der Waals surface area (Å²) in [7, 11) is 0. The lowest BCUT2D eigenvalue weighted by molar-refractivity contribution is -0.110. The number of unbranched alkanes of at least 4 members (excludes halogenated alkanes) is 1. The highest BCUT2D eigenvalue weighted by Gasteiger charge is 2.15. The van der Waals surface area contributed by atoms with Crippen molar-refractivity contribution in [3.63, 3.8) is 0 Å². The van der Waals surface area contributed by atoms with Gasteiger partial charge < -0.3 is 14.8 Å². The van der Waals surface area contributed by atoms with Crippen LogP contribution in [-0.4, -0.2) is 24.5 Å². The van der Waals surface area contributed by atoms with Gasteiger partial charge in [-0.3, -0.25) is 0 Å². The van der Waals surface area contributed by atoms with Gasteiger partial charge in [-0.1, -0.05) is 13.3 Å². The van der Waals surface area contributed by atoms with E-state index in [4.69, 9.17) is 4.74 Å². The zero-order valence-electron chi connectivity index (χ0n) is 10.7. The second kappa shape index (κ2) is 7.25. The van der Waals surface area contributed by atoms with E-state index in [1.165, 1.54) is 0 Å². The molecule has 0 aliphatic heterocycles. The fourth-order valence-corrected chi connectivity index (χ4v) is 1.16. The average molecular weight is 229 g/mol. The summed E-state index contributed by atoms with van der Waals surface area (Å²) in [5.41, 5.74) is -0.448. The van der Waals surface area contributed by atoms with Gasteiger partial charge in [0.15, 0.2) is 0 Å². The second-order valence-corrected chi connectivity index (χ2v) is 5.04. The van der Waals surface area contributed by atoms with Crippen molar-refractivity contribution in [2.45, 2.75) is 52.6 Å². The van der Waals surface area contributed by atoms with Crippen molar-refractivity contribution in [3.05, 3.63) is 0 Å². The molecule has 0 saturated heterocycles. The molecule has 0 spiro atoms. The van der Waals surface area contributed by atoms with Crippen molar-refractivity contribution >= 4 is 12.4 Å². The average Bonchev–Trinajstić information content (AvgIpc) is 2.14.